The first-order valence-electron chi connectivity index (χ1n) is 22.0. The van der Waals surface area contributed by atoms with Crippen LogP contribution in [0.25, 0.3) is 0 Å². The van der Waals surface area contributed by atoms with Crippen molar-refractivity contribution in [3.05, 3.63) is 35.4 Å². The van der Waals surface area contributed by atoms with Gasteiger partial charge in [0.2, 0.25) is 0 Å². The van der Waals surface area contributed by atoms with Crippen LogP contribution in [0.3, 0.4) is 0 Å². The van der Waals surface area contributed by atoms with Gasteiger partial charge in [0.05, 0.1) is 24.2 Å². The second kappa shape index (κ2) is 14.2. The number of aliphatic hydroxyl groups excluding tert-OH is 1. The summed E-state index contributed by atoms with van der Waals surface area (Å²) < 4.78 is 12.3. The molecule has 1 aliphatic heterocycles. The maximum absolute atomic E-state index is 12.9. The van der Waals surface area contributed by atoms with Crippen molar-refractivity contribution in [3.8, 4) is 0 Å². The quantitative estimate of drug-likeness (QED) is 0.175. The molecule has 1 saturated heterocycles. The highest BCUT2D eigenvalue weighted by atomic mass is 16.6. The van der Waals surface area contributed by atoms with Crippen molar-refractivity contribution in [3.63, 3.8) is 0 Å². The van der Waals surface area contributed by atoms with Crippen molar-refractivity contribution >= 4 is 5.97 Å². The average molecular weight is 735 g/mol. The molecule has 5 saturated carbocycles. The SMILES string of the molecule is CCCCCC[C@@]12CC[C@]3(C)[C@@H]4[C@@H](O)C[C@]5(O)O[C@@H](Cc6ccc(CCOC)cc6)[C@@]4(CC[C@@H]3[C@@]1(C)CC[C@]1(C)CC[C@@](C)(C(=O)O)CC12)[C@H]5CCC. The Hall–Kier alpha value is -1.47. The molecule has 298 valence electrons. The summed E-state index contributed by atoms with van der Waals surface area (Å²) >= 11 is 0. The Bertz CT molecular complexity index is 1480. The lowest BCUT2D eigenvalue weighted by Gasteiger charge is -2.76. The van der Waals surface area contributed by atoms with Crippen molar-refractivity contribution in [2.45, 2.75) is 182 Å². The standard InChI is InChI=1S/C47H74O6/c1-8-10-11-12-20-45-27-25-43(5)35(44(45,6)26-24-41(3)22-23-42(4,40(49)50)31-37(41)45)18-21-46-36(13-9-2)47(51,30-34(48)39(43)46)53-38(46)29-33-16-14-32(15-17-33)19-28-52-7/h14-17,34-39,48,51H,8-13,18-31H2,1-7H3,(H,49,50)/t34-,35-,36+,37?,38-,39-,41-,42+,43-,44+,45-,46+,47-/m0/s1. The van der Waals surface area contributed by atoms with E-state index in [-0.39, 0.29) is 45.0 Å². The summed E-state index contributed by atoms with van der Waals surface area (Å²) in [7, 11) is 1.75. The van der Waals surface area contributed by atoms with Crippen LogP contribution < -0.4 is 0 Å². The highest BCUT2D eigenvalue weighted by molar-refractivity contribution is 5.74. The first kappa shape index (κ1) is 39.8. The van der Waals surface area contributed by atoms with Crippen molar-refractivity contribution in [1.29, 1.82) is 0 Å². The molecule has 2 bridgehead atoms. The summed E-state index contributed by atoms with van der Waals surface area (Å²) in [5.74, 6) is -1.000. The van der Waals surface area contributed by atoms with Crippen LogP contribution >= 0.6 is 0 Å². The molecular formula is C47H74O6. The highest BCUT2D eigenvalue weighted by Crippen LogP contribution is 2.81. The van der Waals surface area contributed by atoms with Crippen molar-refractivity contribution in [2.24, 2.45) is 56.2 Å². The molecule has 3 N–H and O–H groups in total. The molecule has 6 heteroatoms. The minimum absolute atomic E-state index is 0.00921. The number of ether oxygens (including phenoxy) is 2. The highest BCUT2D eigenvalue weighted by Gasteiger charge is 2.78. The number of carboxylic acid groups (broad SMARTS) is 1. The molecule has 1 heterocycles. The Morgan fingerprint density at radius 2 is 1.58 bits per heavy atom. The van der Waals surface area contributed by atoms with Crippen molar-refractivity contribution < 1.29 is 29.6 Å². The molecule has 13 atom stereocenters. The topological polar surface area (TPSA) is 96.2 Å². The number of hydrogen-bond acceptors (Lipinski definition) is 5. The van der Waals surface area contributed by atoms with Crippen LogP contribution in [0, 0.1) is 56.2 Å². The maximum atomic E-state index is 12.9. The van der Waals surface area contributed by atoms with Gasteiger partial charge in [-0.15, -0.1) is 0 Å². The number of benzene rings is 1. The Morgan fingerprint density at radius 1 is 0.868 bits per heavy atom. The molecule has 7 rings (SSSR count). The summed E-state index contributed by atoms with van der Waals surface area (Å²) in [4.78, 5) is 12.9. The molecule has 0 aromatic heterocycles. The smallest absolute Gasteiger partial charge is 0.309 e. The number of rotatable bonds is 13. The lowest BCUT2D eigenvalue weighted by molar-refractivity contribution is -0.293. The number of carbonyl (C=O) groups is 1. The summed E-state index contributed by atoms with van der Waals surface area (Å²) in [5.41, 5.74) is 1.79. The van der Waals surface area contributed by atoms with Crippen molar-refractivity contribution in [2.75, 3.05) is 13.7 Å². The molecule has 1 spiro atoms. The zero-order chi connectivity index (χ0) is 38.1. The molecule has 6 aliphatic rings. The molecule has 1 aromatic rings. The number of fused-ring (bicyclic) bond motifs is 7. The van der Waals surface area contributed by atoms with Crippen molar-refractivity contribution in [1.82, 2.24) is 0 Å². The average Bonchev–Trinajstić information content (AvgIpc) is 3.26. The van der Waals surface area contributed by atoms with Crippen LogP contribution in [0.5, 0.6) is 0 Å². The van der Waals surface area contributed by atoms with Crippen LogP contribution in [0.1, 0.15) is 162 Å². The van der Waals surface area contributed by atoms with Gasteiger partial charge in [0.25, 0.3) is 0 Å². The predicted molar refractivity (Wildman–Crippen MR) is 210 cm³/mol. The van der Waals surface area contributed by atoms with E-state index in [0.717, 1.165) is 70.6 Å². The van der Waals surface area contributed by atoms with Gasteiger partial charge in [-0.25, -0.2) is 0 Å². The van der Waals surface area contributed by atoms with E-state index in [0.29, 0.717) is 24.9 Å². The van der Waals surface area contributed by atoms with E-state index in [2.05, 4.69) is 58.9 Å². The molecule has 6 nitrogen and oxygen atoms in total. The third-order valence-electron chi connectivity index (χ3n) is 18.2. The first-order valence-corrected chi connectivity index (χ1v) is 22.0. The second-order valence-electron chi connectivity index (χ2n) is 20.7. The fourth-order valence-electron chi connectivity index (χ4n) is 15.6. The van der Waals surface area contributed by atoms with Crippen LogP contribution in [0.15, 0.2) is 24.3 Å². The van der Waals surface area contributed by atoms with E-state index in [1.165, 1.54) is 56.1 Å². The Kier molecular flexibility index (Phi) is 10.6. The predicted octanol–water partition coefficient (Wildman–Crippen LogP) is 10.2. The van der Waals surface area contributed by atoms with E-state index in [1.54, 1.807) is 7.11 Å². The fraction of sp³-hybridized carbons (Fsp3) is 0.851. The molecule has 1 unspecified atom stereocenters. The van der Waals surface area contributed by atoms with Gasteiger partial charge in [0.1, 0.15) is 0 Å². The molecule has 0 amide bonds. The Labute approximate surface area is 321 Å². The van der Waals surface area contributed by atoms with E-state index in [4.69, 9.17) is 9.47 Å². The van der Waals surface area contributed by atoms with Crippen LogP contribution in [0.2, 0.25) is 0 Å². The third-order valence-corrected chi connectivity index (χ3v) is 18.2. The van der Waals surface area contributed by atoms with Gasteiger partial charge in [0, 0.05) is 24.9 Å². The molecular weight excluding hydrogens is 661 g/mol. The third kappa shape index (κ3) is 5.94. The van der Waals surface area contributed by atoms with E-state index in [1.807, 2.05) is 6.92 Å². The lowest BCUT2D eigenvalue weighted by Crippen LogP contribution is -2.71. The molecule has 5 aliphatic carbocycles. The van der Waals surface area contributed by atoms with Crippen LogP contribution in [0.4, 0.5) is 0 Å². The normalized spacial score (nSPS) is 47.3. The summed E-state index contributed by atoms with van der Waals surface area (Å²) in [6.45, 7) is 15.0. The van der Waals surface area contributed by atoms with Gasteiger partial charge in [-0.3, -0.25) is 4.79 Å². The Morgan fingerprint density at radius 3 is 2.26 bits per heavy atom. The zero-order valence-corrected chi connectivity index (χ0v) is 34.5. The zero-order valence-electron chi connectivity index (χ0n) is 34.5. The summed E-state index contributed by atoms with van der Waals surface area (Å²) in [5, 5.41) is 35.5. The van der Waals surface area contributed by atoms with Gasteiger partial charge in [-0.05, 0) is 141 Å². The largest absolute Gasteiger partial charge is 0.481 e. The second-order valence-corrected chi connectivity index (χ2v) is 20.7. The lowest BCUT2D eigenvalue weighted by atomic mass is 9.28. The molecule has 6 fully saturated rings. The number of methoxy groups -OCH3 is 1. The summed E-state index contributed by atoms with van der Waals surface area (Å²) in [6, 6.07) is 8.92. The number of aliphatic hydroxyl groups is 2. The number of unbranched alkanes of at least 4 members (excludes halogenated alkanes) is 3. The van der Waals surface area contributed by atoms with E-state index in [9.17, 15) is 20.1 Å². The van der Waals surface area contributed by atoms with Gasteiger partial charge in [0.15, 0.2) is 5.79 Å². The first-order chi connectivity index (χ1) is 25.1. The van der Waals surface area contributed by atoms with Gasteiger partial charge in [-0.2, -0.15) is 0 Å². The fourth-order valence-corrected chi connectivity index (χ4v) is 15.6. The number of hydrogen-bond donors (Lipinski definition) is 3. The molecule has 53 heavy (non-hydrogen) atoms. The van der Waals surface area contributed by atoms with E-state index < -0.39 is 23.3 Å². The number of carboxylic acids is 1. The maximum Gasteiger partial charge on any atom is 0.309 e. The van der Waals surface area contributed by atoms with Gasteiger partial charge in [-0.1, -0.05) is 91.0 Å². The Balaban J connectivity index is 1.29. The number of aliphatic carboxylic acids is 1. The molecule has 1 aromatic carbocycles. The van der Waals surface area contributed by atoms with Crippen LogP contribution in [-0.2, 0) is 27.1 Å². The van der Waals surface area contributed by atoms with Gasteiger partial charge >= 0.3 is 5.97 Å². The summed E-state index contributed by atoms with van der Waals surface area (Å²) in [6.07, 6.45) is 18.5. The monoisotopic (exact) mass is 735 g/mol. The minimum Gasteiger partial charge on any atom is -0.481 e. The van der Waals surface area contributed by atoms with Gasteiger partial charge < -0.3 is 24.8 Å². The van der Waals surface area contributed by atoms with E-state index >= 15 is 0 Å². The minimum atomic E-state index is -1.30. The van der Waals surface area contributed by atoms with Crippen LogP contribution in [-0.4, -0.2) is 53.0 Å². The molecule has 0 radical (unpaired) electrons.